The van der Waals surface area contributed by atoms with Gasteiger partial charge in [0.25, 0.3) is 0 Å². The van der Waals surface area contributed by atoms with Crippen LogP contribution in [0.25, 0.3) is 0 Å². The van der Waals surface area contributed by atoms with E-state index in [1.54, 1.807) is 11.8 Å². The Hall–Kier alpha value is -0.250. The molecule has 0 radical (unpaired) electrons. The lowest BCUT2D eigenvalue weighted by Gasteiger charge is -2.09. The highest BCUT2D eigenvalue weighted by Gasteiger charge is 2.04. The zero-order chi connectivity index (χ0) is 11.8. The summed E-state index contributed by atoms with van der Waals surface area (Å²) in [5.41, 5.74) is 0. The molecule has 0 fully saturated rings. The Bertz CT molecular complexity index is 310. The van der Waals surface area contributed by atoms with Crippen LogP contribution in [-0.4, -0.2) is 17.0 Å². The summed E-state index contributed by atoms with van der Waals surface area (Å²) in [5.74, 6) is 0.763. The van der Waals surface area contributed by atoms with Crippen molar-refractivity contribution >= 4 is 27.7 Å². The fourth-order valence-electron chi connectivity index (χ4n) is 1.30. The van der Waals surface area contributed by atoms with E-state index in [-0.39, 0.29) is 6.10 Å². The molecule has 3 heteroatoms. The highest BCUT2D eigenvalue weighted by atomic mass is 79.9. The molecule has 1 atom stereocenters. The largest absolute Gasteiger partial charge is 0.392 e. The lowest BCUT2D eigenvalue weighted by molar-refractivity contribution is 0.186. The molecule has 0 aliphatic rings. The minimum absolute atomic E-state index is 0.214. The molecule has 0 saturated heterocycles. The maximum absolute atomic E-state index is 9.73. The Kier molecular flexibility index (Phi) is 6.85. The van der Waals surface area contributed by atoms with Gasteiger partial charge in [0.1, 0.15) is 0 Å². The molecule has 0 heterocycles. The first-order valence-corrected chi connectivity index (χ1v) is 7.17. The number of thioether (sulfide) groups is 1. The molecule has 1 nitrogen and oxygen atoms in total. The smallest absolute Gasteiger partial charge is 0.0634 e. The van der Waals surface area contributed by atoms with Crippen LogP contribution >= 0.6 is 27.7 Å². The Morgan fingerprint density at radius 3 is 2.69 bits per heavy atom. The van der Waals surface area contributed by atoms with Crippen molar-refractivity contribution in [2.45, 2.75) is 30.3 Å². The van der Waals surface area contributed by atoms with Gasteiger partial charge in [-0.05, 0) is 43.5 Å². The molecule has 1 unspecified atom stereocenters. The number of halogens is 1. The second-order valence-corrected chi connectivity index (χ2v) is 5.65. The SMILES string of the molecule is C=CCCCC(O)CSc1ccc(Br)cc1. The molecule has 0 aliphatic carbocycles. The first-order chi connectivity index (χ1) is 7.72. The van der Waals surface area contributed by atoms with Crippen molar-refractivity contribution in [1.82, 2.24) is 0 Å². The third-order valence-corrected chi connectivity index (χ3v) is 3.89. The molecule has 0 bridgehead atoms. The number of rotatable bonds is 7. The first kappa shape index (κ1) is 13.8. The van der Waals surface area contributed by atoms with Crippen molar-refractivity contribution in [3.8, 4) is 0 Å². The van der Waals surface area contributed by atoms with E-state index < -0.39 is 0 Å². The van der Waals surface area contributed by atoms with Crippen molar-refractivity contribution in [3.63, 3.8) is 0 Å². The molecule has 1 aromatic rings. The predicted molar refractivity (Wildman–Crippen MR) is 74.9 cm³/mol. The summed E-state index contributed by atoms with van der Waals surface area (Å²) in [4.78, 5) is 1.20. The van der Waals surface area contributed by atoms with Gasteiger partial charge in [0, 0.05) is 15.1 Å². The van der Waals surface area contributed by atoms with Crippen LogP contribution < -0.4 is 0 Å². The van der Waals surface area contributed by atoms with Crippen molar-refractivity contribution in [2.75, 3.05) is 5.75 Å². The van der Waals surface area contributed by atoms with Gasteiger partial charge < -0.3 is 5.11 Å². The summed E-state index contributed by atoms with van der Waals surface area (Å²) in [6, 6.07) is 8.16. The maximum atomic E-state index is 9.73. The summed E-state index contributed by atoms with van der Waals surface area (Å²) in [6.07, 6.45) is 4.55. The van der Waals surface area contributed by atoms with Crippen LogP contribution in [0.5, 0.6) is 0 Å². The number of aliphatic hydroxyl groups is 1. The molecule has 0 aliphatic heterocycles. The number of hydrogen-bond acceptors (Lipinski definition) is 2. The Morgan fingerprint density at radius 1 is 1.38 bits per heavy atom. The van der Waals surface area contributed by atoms with Crippen LogP contribution in [0.15, 0.2) is 46.3 Å². The van der Waals surface area contributed by atoms with Gasteiger partial charge in [0.05, 0.1) is 6.10 Å². The van der Waals surface area contributed by atoms with E-state index >= 15 is 0 Å². The van der Waals surface area contributed by atoms with E-state index in [4.69, 9.17) is 0 Å². The van der Waals surface area contributed by atoms with Crippen molar-refractivity contribution in [2.24, 2.45) is 0 Å². The molecule has 88 valence electrons. The van der Waals surface area contributed by atoms with Crippen LogP contribution in [0.3, 0.4) is 0 Å². The normalized spacial score (nSPS) is 12.4. The lowest BCUT2D eigenvalue weighted by Crippen LogP contribution is -2.09. The number of aliphatic hydroxyl groups excluding tert-OH is 1. The zero-order valence-corrected chi connectivity index (χ0v) is 11.6. The summed E-state index contributed by atoms with van der Waals surface area (Å²) >= 11 is 5.10. The standard InChI is InChI=1S/C13H17BrOS/c1-2-3-4-5-12(15)10-16-13-8-6-11(14)7-9-13/h2,6-9,12,15H,1,3-5,10H2. The van der Waals surface area contributed by atoms with Crippen molar-refractivity contribution in [1.29, 1.82) is 0 Å². The van der Waals surface area contributed by atoms with Gasteiger partial charge in [-0.1, -0.05) is 22.0 Å². The van der Waals surface area contributed by atoms with Crippen molar-refractivity contribution in [3.05, 3.63) is 41.4 Å². The number of hydrogen-bond donors (Lipinski definition) is 1. The fourth-order valence-corrected chi connectivity index (χ4v) is 2.45. The van der Waals surface area contributed by atoms with Crippen LogP contribution in [0.2, 0.25) is 0 Å². The zero-order valence-electron chi connectivity index (χ0n) is 9.23. The van der Waals surface area contributed by atoms with E-state index in [0.29, 0.717) is 0 Å². The van der Waals surface area contributed by atoms with Crippen LogP contribution in [0.4, 0.5) is 0 Å². The molecule has 1 rings (SSSR count). The highest BCUT2D eigenvalue weighted by molar-refractivity contribution is 9.10. The predicted octanol–water partition coefficient (Wildman–Crippen LogP) is 4.26. The van der Waals surface area contributed by atoms with E-state index in [0.717, 1.165) is 29.5 Å². The maximum Gasteiger partial charge on any atom is 0.0634 e. The second-order valence-electron chi connectivity index (χ2n) is 3.64. The highest BCUT2D eigenvalue weighted by Crippen LogP contribution is 2.22. The lowest BCUT2D eigenvalue weighted by atomic mass is 10.2. The summed E-state index contributed by atoms with van der Waals surface area (Å²) < 4.78 is 1.09. The van der Waals surface area contributed by atoms with Gasteiger partial charge in [0.2, 0.25) is 0 Å². The Balaban J connectivity index is 2.23. The van der Waals surface area contributed by atoms with Crippen LogP contribution in [-0.2, 0) is 0 Å². The van der Waals surface area contributed by atoms with Crippen LogP contribution in [0.1, 0.15) is 19.3 Å². The molecular formula is C13H17BrOS. The molecule has 0 aromatic heterocycles. The average molecular weight is 301 g/mol. The van der Waals surface area contributed by atoms with Gasteiger partial charge in [-0.25, -0.2) is 0 Å². The van der Waals surface area contributed by atoms with E-state index in [2.05, 4.69) is 34.6 Å². The quantitative estimate of drug-likeness (QED) is 0.461. The number of benzene rings is 1. The molecule has 0 amide bonds. The van der Waals surface area contributed by atoms with E-state index in [9.17, 15) is 5.11 Å². The third kappa shape index (κ3) is 5.73. The number of allylic oxidation sites excluding steroid dienone is 1. The minimum atomic E-state index is -0.214. The molecule has 16 heavy (non-hydrogen) atoms. The van der Waals surface area contributed by atoms with Gasteiger partial charge in [-0.3, -0.25) is 0 Å². The topological polar surface area (TPSA) is 20.2 Å². The van der Waals surface area contributed by atoms with Gasteiger partial charge >= 0.3 is 0 Å². The van der Waals surface area contributed by atoms with E-state index in [1.165, 1.54) is 4.90 Å². The van der Waals surface area contributed by atoms with Gasteiger partial charge in [-0.2, -0.15) is 0 Å². The fraction of sp³-hybridized carbons (Fsp3) is 0.385. The van der Waals surface area contributed by atoms with Crippen LogP contribution in [0, 0.1) is 0 Å². The van der Waals surface area contributed by atoms with Crippen molar-refractivity contribution < 1.29 is 5.11 Å². The van der Waals surface area contributed by atoms with E-state index in [1.807, 2.05) is 18.2 Å². The second kappa shape index (κ2) is 7.93. The summed E-state index contributed by atoms with van der Waals surface area (Å²) in [6.45, 7) is 3.67. The molecule has 0 spiro atoms. The number of unbranched alkanes of at least 4 members (excludes halogenated alkanes) is 1. The molecule has 1 aromatic carbocycles. The molecule has 0 saturated carbocycles. The average Bonchev–Trinajstić information content (AvgIpc) is 2.29. The third-order valence-electron chi connectivity index (χ3n) is 2.20. The molecular weight excluding hydrogens is 284 g/mol. The Morgan fingerprint density at radius 2 is 2.06 bits per heavy atom. The summed E-state index contributed by atoms with van der Waals surface area (Å²) in [5, 5.41) is 9.73. The van der Waals surface area contributed by atoms with Gasteiger partial charge in [0.15, 0.2) is 0 Å². The Labute approximate surface area is 110 Å². The van der Waals surface area contributed by atoms with Gasteiger partial charge in [-0.15, -0.1) is 18.3 Å². The minimum Gasteiger partial charge on any atom is -0.392 e. The monoisotopic (exact) mass is 300 g/mol. The first-order valence-electron chi connectivity index (χ1n) is 5.39. The summed E-state index contributed by atoms with van der Waals surface area (Å²) in [7, 11) is 0. The molecule has 1 N–H and O–H groups in total.